The molecule has 0 amide bonds. The summed E-state index contributed by atoms with van der Waals surface area (Å²) in [4.78, 5) is 0. The zero-order valence-electron chi connectivity index (χ0n) is 8.01. The Balaban J connectivity index is 4.16. The first kappa shape index (κ1) is 11.4. The Morgan fingerprint density at radius 1 is 1.00 bits per heavy atom. The molecule has 68 valence electrons. The van der Waals surface area contributed by atoms with Crippen molar-refractivity contribution >= 4 is 5.71 Å². The molecule has 0 aromatic rings. The van der Waals surface area contributed by atoms with Gasteiger partial charge in [-0.25, -0.2) is 0 Å². The minimum atomic E-state index is 0.511. The van der Waals surface area contributed by atoms with Gasteiger partial charge in [-0.15, -0.1) is 0 Å². The summed E-state index contributed by atoms with van der Waals surface area (Å²) >= 11 is 0. The van der Waals surface area contributed by atoms with Crippen LogP contribution in [0.2, 0.25) is 0 Å². The minimum absolute atomic E-state index is 0.511. The lowest BCUT2D eigenvalue weighted by atomic mass is 10.2. The highest BCUT2D eigenvalue weighted by molar-refractivity contribution is 5.90. The quantitative estimate of drug-likeness (QED) is 0.486. The Kier molecular flexibility index (Phi) is 5.20. The van der Waals surface area contributed by atoms with Crippen molar-refractivity contribution < 1.29 is 0 Å². The van der Waals surface area contributed by atoms with Gasteiger partial charge in [0.1, 0.15) is 0 Å². The molecule has 0 saturated heterocycles. The van der Waals surface area contributed by atoms with Crippen molar-refractivity contribution in [3.8, 4) is 0 Å². The van der Waals surface area contributed by atoms with E-state index in [0.29, 0.717) is 5.71 Å². The third-order valence-electron chi connectivity index (χ3n) is 1.32. The number of allylic oxidation sites excluding steroid dienone is 7. The van der Waals surface area contributed by atoms with E-state index in [0.717, 1.165) is 11.1 Å². The molecule has 0 aliphatic carbocycles. The second-order valence-electron chi connectivity index (χ2n) is 2.70. The van der Waals surface area contributed by atoms with E-state index < -0.39 is 0 Å². The number of hydrogen-bond acceptors (Lipinski definition) is 1. The van der Waals surface area contributed by atoms with E-state index in [1.165, 1.54) is 0 Å². The van der Waals surface area contributed by atoms with Crippen molar-refractivity contribution in [2.75, 3.05) is 0 Å². The zero-order chi connectivity index (χ0) is 10.3. The summed E-state index contributed by atoms with van der Waals surface area (Å²) in [7, 11) is 0. The highest BCUT2D eigenvalue weighted by Crippen LogP contribution is 2.00. The lowest BCUT2D eigenvalue weighted by Gasteiger charge is -1.90. The molecule has 0 aromatic heterocycles. The van der Waals surface area contributed by atoms with Gasteiger partial charge in [-0.2, -0.15) is 0 Å². The number of hydrogen-bond donors (Lipinski definition) is 1. The molecule has 0 aliphatic heterocycles. The van der Waals surface area contributed by atoms with Crippen molar-refractivity contribution in [3.05, 3.63) is 61.3 Å². The van der Waals surface area contributed by atoms with Crippen molar-refractivity contribution in [1.82, 2.24) is 0 Å². The van der Waals surface area contributed by atoms with Gasteiger partial charge in [0.2, 0.25) is 0 Å². The first-order valence-electron chi connectivity index (χ1n) is 3.98. The second-order valence-corrected chi connectivity index (χ2v) is 2.70. The van der Waals surface area contributed by atoms with Gasteiger partial charge in [0.15, 0.2) is 0 Å². The zero-order valence-corrected chi connectivity index (χ0v) is 8.01. The van der Waals surface area contributed by atoms with Crippen LogP contribution in [0.5, 0.6) is 0 Å². The van der Waals surface area contributed by atoms with Crippen LogP contribution >= 0.6 is 0 Å². The van der Waals surface area contributed by atoms with Gasteiger partial charge in [0.05, 0.1) is 0 Å². The predicted octanol–water partition coefficient (Wildman–Crippen LogP) is 3.44. The average molecular weight is 173 g/mol. The molecule has 1 heteroatoms. The maximum Gasteiger partial charge on any atom is 0.0283 e. The number of nitrogens with one attached hydrogen (secondary N) is 1. The Bertz CT molecular complexity index is 290. The Morgan fingerprint density at radius 3 is 1.92 bits per heavy atom. The van der Waals surface area contributed by atoms with Gasteiger partial charge in [-0.1, -0.05) is 44.0 Å². The topological polar surface area (TPSA) is 23.9 Å². The molecular formula is C12H15N. The molecule has 0 radical (unpaired) electrons. The first-order valence-corrected chi connectivity index (χ1v) is 3.98. The molecule has 13 heavy (non-hydrogen) atoms. The SMILES string of the molecule is C=CC(=C)/C=C\C(=C)/C=C\C(C)=N. The average Bonchev–Trinajstić information content (AvgIpc) is 2.10. The standard InChI is InChI=1S/C12H15N/c1-5-10(2)6-7-11(3)8-9-12(4)13/h5-9,13H,1-3H2,4H3/b7-6-,9-8-,13-12?. The molecule has 0 bridgehead atoms. The molecule has 0 atom stereocenters. The van der Waals surface area contributed by atoms with E-state index in [1.807, 2.05) is 12.2 Å². The van der Waals surface area contributed by atoms with E-state index in [1.54, 1.807) is 25.2 Å². The number of rotatable bonds is 5. The molecule has 0 heterocycles. The molecule has 0 unspecified atom stereocenters. The van der Waals surface area contributed by atoms with Crippen LogP contribution < -0.4 is 0 Å². The Morgan fingerprint density at radius 2 is 1.46 bits per heavy atom. The fourth-order valence-corrected chi connectivity index (χ4v) is 0.570. The third-order valence-corrected chi connectivity index (χ3v) is 1.32. The maximum absolute atomic E-state index is 7.15. The van der Waals surface area contributed by atoms with Gasteiger partial charge in [0.25, 0.3) is 0 Å². The van der Waals surface area contributed by atoms with Gasteiger partial charge >= 0.3 is 0 Å². The van der Waals surface area contributed by atoms with Crippen LogP contribution in [0.4, 0.5) is 0 Å². The van der Waals surface area contributed by atoms with Gasteiger partial charge in [-0.05, 0) is 24.1 Å². The summed E-state index contributed by atoms with van der Waals surface area (Å²) in [6.45, 7) is 12.8. The normalized spacial score (nSPS) is 10.5. The van der Waals surface area contributed by atoms with E-state index >= 15 is 0 Å². The molecule has 0 saturated carbocycles. The van der Waals surface area contributed by atoms with Crippen LogP contribution in [0.1, 0.15) is 6.92 Å². The maximum atomic E-state index is 7.15. The molecule has 1 nitrogen and oxygen atoms in total. The summed E-state index contributed by atoms with van der Waals surface area (Å²) in [5.41, 5.74) is 2.20. The lowest BCUT2D eigenvalue weighted by Crippen LogP contribution is -1.78. The van der Waals surface area contributed by atoms with Crippen molar-refractivity contribution in [2.24, 2.45) is 0 Å². The van der Waals surface area contributed by atoms with E-state index in [4.69, 9.17) is 5.41 Å². The third kappa shape index (κ3) is 6.76. The lowest BCUT2D eigenvalue weighted by molar-refractivity contribution is 1.49. The Hall–Kier alpha value is -1.63. The van der Waals surface area contributed by atoms with E-state index in [9.17, 15) is 0 Å². The van der Waals surface area contributed by atoms with Crippen LogP contribution in [-0.2, 0) is 0 Å². The van der Waals surface area contributed by atoms with Gasteiger partial charge in [-0.3, -0.25) is 0 Å². The van der Waals surface area contributed by atoms with Crippen LogP contribution in [-0.4, -0.2) is 5.71 Å². The molecule has 0 rings (SSSR count). The van der Waals surface area contributed by atoms with E-state index in [2.05, 4.69) is 19.7 Å². The highest BCUT2D eigenvalue weighted by Gasteiger charge is 1.82. The molecule has 0 aromatic carbocycles. The highest BCUT2D eigenvalue weighted by atomic mass is 14.4. The fraction of sp³-hybridized carbons (Fsp3) is 0.0833. The fourth-order valence-electron chi connectivity index (χ4n) is 0.570. The van der Waals surface area contributed by atoms with Gasteiger partial charge in [0, 0.05) is 5.71 Å². The van der Waals surface area contributed by atoms with Crippen molar-refractivity contribution in [2.45, 2.75) is 6.92 Å². The second kappa shape index (κ2) is 5.95. The molecule has 0 spiro atoms. The van der Waals surface area contributed by atoms with E-state index in [-0.39, 0.29) is 0 Å². The van der Waals surface area contributed by atoms with Crippen molar-refractivity contribution in [3.63, 3.8) is 0 Å². The molecule has 1 N–H and O–H groups in total. The molecule has 0 fully saturated rings. The summed E-state index contributed by atoms with van der Waals surface area (Å²) in [5, 5.41) is 7.15. The molecule has 0 aliphatic rings. The van der Waals surface area contributed by atoms with Crippen molar-refractivity contribution in [1.29, 1.82) is 5.41 Å². The summed E-state index contributed by atoms with van der Waals surface area (Å²) < 4.78 is 0. The smallest absolute Gasteiger partial charge is 0.0283 e. The summed E-state index contributed by atoms with van der Waals surface area (Å²) in [6, 6.07) is 0. The van der Waals surface area contributed by atoms with Gasteiger partial charge < -0.3 is 5.41 Å². The Labute approximate surface area is 80.0 Å². The van der Waals surface area contributed by atoms with Crippen LogP contribution in [0.15, 0.2) is 61.3 Å². The monoisotopic (exact) mass is 173 g/mol. The van der Waals surface area contributed by atoms with Crippen LogP contribution in [0.25, 0.3) is 0 Å². The predicted molar refractivity (Wildman–Crippen MR) is 60.2 cm³/mol. The van der Waals surface area contributed by atoms with Crippen LogP contribution in [0, 0.1) is 5.41 Å². The summed E-state index contributed by atoms with van der Waals surface area (Å²) in [5.74, 6) is 0. The minimum Gasteiger partial charge on any atom is -0.306 e. The largest absolute Gasteiger partial charge is 0.306 e. The molecular weight excluding hydrogens is 158 g/mol. The summed E-state index contributed by atoms with van der Waals surface area (Å²) in [6.07, 6.45) is 8.83. The first-order chi connectivity index (χ1) is 6.06. The van der Waals surface area contributed by atoms with Crippen LogP contribution in [0.3, 0.4) is 0 Å².